The van der Waals surface area contributed by atoms with E-state index in [2.05, 4.69) is 20.9 Å². The maximum atomic E-state index is 12.2. The number of aromatic nitrogens is 1. The summed E-state index contributed by atoms with van der Waals surface area (Å²) >= 11 is 5.88. The smallest absolute Gasteiger partial charge is 0.302 e. The Morgan fingerprint density at radius 1 is 1.46 bits per heavy atom. The third-order valence-corrected chi connectivity index (χ3v) is 3.81. The molecule has 130 valence electrons. The first-order chi connectivity index (χ1) is 11.0. The Hall–Kier alpha value is -1.87. The van der Waals surface area contributed by atoms with E-state index >= 15 is 0 Å². The maximum Gasteiger partial charge on any atom is 0.302 e. The van der Waals surface area contributed by atoms with Crippen molar-refractivity contribution in [3.63, 3.8) is 0 Å². The molecule has 2 atom stereocenters. The lowest BCUT2D eigenvalue weighted by atomic mass is 10.1. The summed E-state index contributed by atoms with van der Waals surface area (Å²) < 4.78 is 5.45. The molecule has 24 heavy (non-hydrogen) atoms. The lowest BCUT2D eigenvalue weighted by molar-refractivity contribution is -0.121. The molecule has 5 N–H and O–H groups in total. The standard InChI is InChI=1S/C14H16ClN5O3.ClH/c15-7-1-2-11-9(3-7)19-14(23-11)20-13(22)10-4-8(6-17-10)18-12(21)5-16;/h1-3,8,10,17H,4-6,16H2,(H,18,21)(H,19,20,22);1H/t8?,10-;/m0./s1. The SMILES string of the molecule is Cl.NCC(=O)NC1CN[C@H](C(=O)Nc2nc3cc(Cl)ccc3o2)C1. The second kappa shape index (κ2) is 7.80. The van der Waals surface area contributed by atoms with Gasteiger partial charge in [-0.05, 0) is 24.6 Å². The van der Waals surface area contributed by atoms with E-state index in [9.17, 15) is 9.59 Å². The largest absolute Gasteiger partial charge is 0.423 e. The maximum absolute atomic E-state index is 12.2. The lowest BCUT2D eigenvalue weighted by Crippen LogP contribution is -2.39. The minimum Gasteiger partial charge on any atom is -0.423 e. The van der Waals surface area contributed by atoms with Crippen LogP contribution in [-0.4, -0.2) is 42.0 Å². The number of nitrogens with zero attached hydrogens (tertiary/aromatic N) is 1. The number of oxazole rings is 1. The molecular weight excluding hydrogens is 357 g/mol. The third kappa shape index (κ3) is 4.15. The Labute approximate surface area is 148 Å². The van der Waals surface area contributed by atoms with Crippen molar-refractivity contribution in [3.8, 4) is 0 Å². The summed E-state index contributed by atoms with van der Waals surface area (Å²) in [6, 6.07) is 4.59. The summed E-state index contributed by atoms with van der Waals surface area (Å²) in [6.07, 6.45) is 0.476. The second-order valence-electron chi connectivity index (χ2n) is 5.29. The molecule has 3 rings (SSSR count). The molecule has 1 aliphatic rings. The van der Waals surface area contributed by atoms with Crippen LogP contribution < -0.4 is 21.7 Å². The first-order valence-electron chi connectivity index (χ1n) is 7.15. The van der Waals surface area contributed by atoms with Crippen molar-refractivity contribution in [2.45, 2.75) is 18.5 Å². The summed E-state index contributed by atoms with van der Waals surface area (Å²) in [4.78, 5) is 27.7. The number of carbonyl (C=O) groups excluding carboxylic acids is 2. The van der Waals surface area contributed by atoms with Gasteiger partial charge in [0.1, 0.15) is 5.52 Å². The molecule has 0 spiro atoms. The predicted molar refractivity (Wildman–Crippen MR) is 92.3 cm³/mol. The van der Waals surface area contributed by atoms with E-state index < -0.39 is 6.04 Å². The number of amides is 2. The predicted octanol–water partition coefficient (Wildman–Crippen LogP) is 0.647. The molecular formula is C14H17Cl2N5O3. The number of benzene rings is 1. The van der Waals surface area contributed by atoms with E-state index in [-0.39, 0.29) is 42.8 Å². The van der Waals surface area contributed by atoms with Gasteiger partial charge in [0.2, 0.25) is 11.8 Å². The van der Waals surface area contributed by atoms with Gasteiger partial charge in [0, 0.05) is 17.6 Å². The van der Waals surface area contributed by atoms with Crippen molar-refractivity contribution in [1.82, 2.24) is 15.6 Å². The fourth-order valence-electron chi connectivity index (χ4n) is 2.48. The van der Waals surface area contributed by atoms with Crippen LogP contribution in [0.25, 0.3) is 11.1 Å². The van der Waals surface area contributed by atoms with Gasteiger partial charge in [-0.2, -0.15) is 4.98 Å². The Morgan fingerprint density at radius 2 is 2.25 bits per heavy atom. The van der Waals surface area contributed by atoms with Crippen LogP contribution in [0.4, 0.5) is 6.01 Å². The zero-order valence-corrected chi connectivity index (χ0v) is 14.1. The third-order valence-electron chi connectivity index (χ3n) is 3.58. The molecule has 1 aliphatic heterocycles. The van der Waals surface area contributed by atoms with E-state index in [1.165, 1.54) is 0 Å². The highest BCUT2D eigenvalue weighted by molar-refractivity contribution is 6.31. The van der Waals surface area contributed by atoms with Gasteiger partial charge in [-0.1, -0.05) is 11.6 Å². The quantitative estimate of drug-likeness (QED) is 0.623. The Morgan fingerprint density at radius 3 is 3.00 bits per heavy atom. The van der Waals surface area contributed by atoms with E-state index in [4.69, 9.17) is 21.8 Å². The number of rotatable bonds is 4. The molecule has 2 heterocycles. The summed E-state index contributed by atoms with van der Waals surface area (Å²) in [5, 5.41) is 8.95. The van der Waals surface area contributed by atoms with Crippen molar-refractivity contribution >= 4 is 52.9 Å². The van der Waals surface area contributed by atoms with Crippen LogP contribution in [0.2, 0.25) is 5.02 Å². The fraction of sp³-hybridized carbons (Fsp3) is 0.357. The minimum atomic E-state index is -0.434. The number of carbonyl (C=O) groups is 2. The van der Waals surface area contributed by atoms with E-state index in [1.54, 1.807) is 18.2 Å². The number of nitrogens with one attached hydrogen (secondary N) is 3. The first kappa shape index (κ1) is 18.5. The van der Waals surface area contributed by atoms with Gasteiger partial charge in [0.25, 0.3) is 0 Å². The molecule has 1 aromatic heterocycles. The van der Waals surface area contributed by atoms with Gasteiger partial charge in [0.15, 0.2) is 5.58 Å². The molecule has 0 bridgehead atoms. The highest BCUT2D eigenvalue weighted by Gasteiger charge is 2.30. The van der Waals surface area contributed by atoms with Gasteiger partial charge in [-0.15, -0.1) is 12.4 Å². The van der Waals surface area contributed by atoms with Crippen LogP contribution in [0.3, 0.4) is 0 Å². The number of nitrogens with two attached hydrogens (primary N) is 1. The Kier molecular flexibility index (Phi) is 6.00. The van der Waals surface area contributed by atoms with E-state index in [0.717, 1.165) is 0 Å². The summed E-state index contributed by atoms with van der Waals surface area (Å²) in [5.41, 5.74) is 6.36. The number of hydrogen-bond acceptors (Lipinski definition) is 6. The molecule has 1 aromatic carbocycles. The van der Waals surface area contributed by atoms with Gasteiger partial charge < -0.3 is 20.8 Å². The molecule has 2 amide bonds. The molecule has 1 saturated heterocycles. The average Bonchev–Trinajstić information content (AvgIpc) is 3.13. The molecule has 0 aliphatic carbocycles. The van der Waals surface area contributed by atoms with Crippen molar-refractivity contribution in [2.24, 2.45) is 5.73 Å². The molecule has 10 heteroatoms. The normalized spacial score (nSPS) is 19.8. The summed E-state index contributed by atoms with van der Waals surface area (Å²) in [5.74, 6) is -0.513. The fourth-order valence-corrected chi connectivity index (χ4v) is 2.64. The highest BCUT2D eigenvalue weighted by Crippen LogP contribution is 2.22. The molecule has 1 fully saturated rings. The molecule has 8 nitrogen and oxygen atoms in total. The topological polar surface area (TPSA) is 122 Å². The number of fused-ring (bicyclic) bond motifs is 1. The van der Waals surface area contributed by atoms with Crippen molar-refractivity contribution in [2.75, 3.05) is 18.4 Å². The Bertz CT molecular complexity index is 751. The molecule has 0 radical (unpaired) electrons. The van der Waals surface area contributed by atoms with Gasteiger partial charge in [0.05, 0.1) is 12.6 Å². The second-order valence-corrected chi connectivity index (χ2v) is 5.72. The van der Waals surface area contributed by atoms with Gasteiger partial charge in [-0.3, -0.25) is 14.9 Å². The van der Waals surface area contributed by atoms with Crippen LogP contribution in [0.1, 0.15) is 6.42 Å². The van der Waals surface area contributed by atoms with Crippen LogP contribution in [0.5, 0.6) is 0 Å². The summed E-state index contributed by atoms with van der Waals surface area (Å²) in [7, 11) is 0. The van der Waals surface area contributed by atoms with Crippen LogP contribution in [0, 0.1) is 0 Å². The van der Waals surface area contributed by atoms with Crippen LogP contribution in [0.15, 0.2) is 22.6 Å². The van der Waals surface area contributed by atoms with Crippen LogP contribution in [-0.2, 0) is 9.59 Å². The highest BCUT2D eigenvalue weighted by atomic mass is 35.5. The zero-order valence-electron chi connectivity index (χ0n) is 12.5. The van der Waals surface area contributed by atoms with E-state index in [0.29, 0.717) is 29.1 Å². The first-order valence-corrected chi connectivity index (χ1v) is 7.52. The van der Waals surface area contributed by atoms with Gasteiger partial charge in [-0.25, -0.2) is 0 Å². The molecule has 0 saturated carbocycles. The molecule has 1 unspecified atom stereocenters. The van der Waals surface area contributed by atoms with Crippen molar-refractivity contribution in [3.05, 3.63) is 23.2 Å². The number of hydrogen-bond donors (Lipinski definition) is 4. The van der Waals surface area contributed by atoms with Crippen molar-refractivity contribution < 1.29 is 14.0 Å². The molecule has 2 aromatic rings. The Balaban J connectivity index is 0.00000208. The van der Waals surface area contributed by atoms with Crippen LogP contribution >= 0.6 is 24.0 Å². The zero-order chi connectivity index (χ0) is 16.4. The lowest BCUT2D eigenvalue weighted by Gasteiger charge is -2.11. The minimum absolute atomic E-state index is 0. The van der Waals surface area contributed by atoms with Gasteiger partial charge >= 0.3 is 6.01 Å². The summed E-state index contributed by atoms with van der Waals surface area (Å²) in [6.45, 7) is 0.436. The monoisotopic (exact) mass is 373 g/mol. The number of halogens is 2. The number of anilines is 1. The van der Waals surface area contributed by atoms with E-state index in [1.807, 2.05) is 0 Å². The average molecular weight is 374 g/mol. The van der Waals surface area contributed by atoms with Crippen molar-refractivity contribution in [1.29, 1.82) is 0 Å².